The molecule has 0 spiro atoms. The maximum Gasteiger partial charge on any atom is 0.243 e. The average molecular weight is 218 g/mol. The molecular weight excluding hydrogens is 200 g/mol. The summed E-state index contributed by atoms with van der Waals surface area (Å²) in [6.07, 6.45) is 4.16. The van der Waals surface area contributed by atoms with Crippen LogP contribution in [0.15, 0.2) is 18.3 Å². The summed E-state index contributed by atoms with van der Waals surface area (Å²) in [6.45, 7) is 6.39. The minimum absolute atomic E-state index is 0.457. The molecule has 2 aromatic heterocycles. The molecule has 4 nitrogen and oxygen atoms in total. The summed E-state index contributed by atoms with van der Waals surface area (Å²) >= 11 is 0. The lowest BCUT2D eigenvalue weighted by molar-refractivity contribution is 0.664. The van der Waals surface area contributed by atoms with E-state index in [9.17, 15) is 0 Å². The lowest BCUT2D eigenvalue weighted by atomic mass is 10.2. The third-order valence-electron chi connectivity index (χ3n) is 2.80. The van der Waals surface area contributed by atoms with Crippen LogP contribution < -0.4 is 5.32 Å². The summed E-state index contributed by atoms with van der Waals surface area (Å²) < 4.78 is 1.82. The van der Waals surface area contributed by atoms with Gasteiger partial charge in [0.15, 0.2) is 5.65 Å². The van der Waals surface area contributed by atoms with Crippen LogP contribution in [-0.4, -0.2) is 20.6 Å². The minimum atomic E-state index is 0.457. The first-order chi connectivity index (χ1) is 7.72. The van der Waals surface area contributed by atoms with Crippen LogP contribution in [0.25, 0.3) is 5.65 Å². The Labute approximate surface area is 95.7 Å². The van der Waals surface area contributed by atoms with Gasteiger partial charge in [0.05, 0.1) is 0 Å². The highest BCUT2D eigenvalue weighted by molar-refractivity contribution is 5.44. The second-order valence-electron chi connectivity index (χ2n) is 4.10. The number of aryl methyl sites for hydroxylation is 1. The average Bonchev–Trinajstić information content (AvgIpc) is 2.67. The molecule has 0 amide bonds. The van der Waals surface area contributed by atoms with Gasteiger partial charge in [0.2, 0.25) is 5.95 Å². The number of hydrogen-bond donors (Lipinski definition) is 1. The molecule has 0 aliphatic heterocycles. The standard InChI is InChI=1S/C12H18N4/c1-4-10(5-2)13-12-14-11-7-6-9(3)8-16(11)15-12/h6-8,10H,4-5H2,1-3H3,(H,13,15). The first kappa shape index (κ1) is 10.9. The van der Waals surface area contributed by atoms with Crippen molar-refractivity contribution in [2.75, 3.05) is 5.32 Å². The minimum Gasteiger partial charge on any atom is -0.350 e. The lowest BCUT2D eigenvalue weighted by Crippen LogP contribution is -2.17. The molecule has 0 aliphatic rings. The Bertz CT molecular complexity index is 471. The molecule has 0 bridgehead atoms. The van der Waals surface area contributed by atoms with Crippen molar-refractivity contribution in [2.24, 2.45) is 0 Å². The SMILES string of the molecule is CCC(CC)Nc1nc2ccc(C)cn2n1. The van der Waals surface area contributed by atoms with Gasteiger partial charge < -0.3 is 5.32 Å². The van der Waals surface area contributed by atoms with Gasteiger partial charge in [-0.05, 0) is 31.4 Å². The zero-order valence-electron chi connectivity index (χ0n) is 10.1. The van der Waals surface area contributed by atoms with Crippen LogP contribution in [0.2, 0.25) is 0 Å². The van der Waals surface area contributed by atoms with E-state index in [1.54, 1.807) is 0 Å². The predicted octanol–water partition coefficient (Wildman–Crippen LogP) is 2.64. The molecule has 2 rings (SSSR count). The van der Waals surface area contributed by atoms with Gasteiger partial charge in [-0.3, -0.25) is 0 Å². The van der Waals surface area contributed by atoms with Gasteiger partial charge in [0, 0.05) is 12.2 Å². The Kier molecular flexibility index (Phi) is 3.08. The van der Waals surface area contributed by atoms with Crippen LogP contribution in [0.5, 0.6) is 0 Å². The van der Waals surface area contributed by atoms with Crippen LogP contribution >= 0.6 is 0 Å². The van der Waals surface area contributed by atoms with Crippen LogP contribution in [-0.2, 0) is 0 Å². The van der Waals surface area contributed by atoms with E-state index in [0.717, 1.165) is 24.4 Å². The fourth-order valence-electron chi connectivity index (χ4n) is 1.72. The van der Waals surface area contributed by atoms with Gasteiger partial charge in [0.25, 0.3) is 0 Å². The molecule has 0 atom stereocenters. The van der Waals surface area contributed by atoms with E-state index in [-0.39, 0.29) is 0 Å². The predicted molar refractivity (Wildman–Crippen MR) is 65.7 cm³/mol. The van der Waals surface area contributed by atoms with Crippen LogP contribution in [0.1, 0.15) is 32.3 Å². The highest BCUT2D eigenvalue weighted by Crippen LogP contribution is 2.10. The zero-order chi connectivity index (χ0) is 11.5. The van der Waals surface area contributed by atoms with Crippen molar-refractivity contribution < 1.29 is 0 Å². The number of fused-ring (bicyclic) bond motifs is 1. The molecule has 0 saturated carbocycles. The molecule has 16 heavy (non-hydrogen) atoms. The van der Waals surface area contributed by atoms with E-state index in [1.165, 1.54) is 5.56 Å². The van der Waals surface area contributed by atoms with Gasteiger partial charge in [-0.15, -0.1) is 5.10 Å². The molecule has 0 saturated heterocycles. The third-order valence-corrected chi connectivity index (χ3v) is 2.80. The monoisotopic (exact) mass is 218 g/mol. The lowest BCUT2D eigenvalue weighted by Gasteiger charge is -2.11. The molecule has 0 aromatic carbocycles. The summed E-state index contributed by atoms with van der Waals surface area (Å²) in [5.41, 5.74) is 2.07. The fraction of sp³-hybridized carbons (Fsp3) is 0.500. The number of hydrogen-bond acceptors (Lipinski definition) is 3. The van der Waals surface area contributed by atoms with Crippen molar-refractivity contribution in [3.8, 4) is 0 Å². The highest BCUT2D eigenvalue weighted by Gasteiger charge is 2.07. The zero-order valence-corrected chi connectivity index (χ0v) is 10.1. The van der Waals surface area contributed by atoms with Gasteiger partial charge >= 0.3 is 0 Å². The summed E-state index contributed by atoms with van der Waals surface area (Å²) in [6, 6.07) is 4.49. The third kappa shape index (κ3) is 2.15. The van der Waals surface area contributed by atoms with E-state index >= 15 is 0 Å². The number of anilines is 1. The second kappa shape index (κ2) is 4.51. The number of rotatable bonds is 4. The maximum absolute atomic E-state index is 4.43. The molecule has 0 unspecified atom stereocenters. The topological polar surface area (TPSA) is 42.2 Å². The van der Waals surface area contributed by atoms with Crippen LogP contribution in [0, 0.1) is 6.92 Å². The second-order valence-corrected chi connectivity index (χ2v) is 4.10. The van der Waals surface area contributed by atoms with E-state index in [1.807, 2.05) is 22.8 Å². The summed E-state index contributed by atoms with van der Waals surface area (Å²) in [5, 5.41) is 7.75. The smallest absolute Gasteiger partial charge is 0.243 e. The molecule has 0 fully saturated rings. The van der Waals surface area contributed by atoms with Crippen molar-refractivity contribution in [3.63, 3.8) is 0 Å². The Morgan fingerprint density at radius 2 is 2.06 bits per heavy atom. The van der Waals surface area contributed by atoms with Crippen molar-refractivity contribution in [1.29, 1.82) is 0 Å². The van der Waals surface area contributed by atoms with Crippen molar-refractivity contribution in [1.82, 2.24) is 14.6 Å². The summed E-state index contributed by atoms with van der Waals surface area (Å²) in [4.78, 5) is 4.43. The molecule has 2 heterocycles. The highest BCUT2D eigenvalue weighted by atomic mass is 15.3. The number of nitrogens with zero attached hydrogens (tertiary/aromatic N) is 3. The van der Waals surface area contributed by atoms with E-state index in [0.29, 0.717) is 6.04 Å². The number of pyridine rings is 1. The largest absolute Gasteiger partial charge is 0.350 e. The first-order valence-corrected chi connectivity index (χ1v) is 5.82. The number of aromatic nitrogens is 3. The molecule has 2 aromatic rings. The summed E-state index contributed by atoms with van der Waals surface area (Å²) in [5.74, 6) is 0.722. The van der Waals surface area contributed by atoms with Crippen molar-refractivity contribution in [2.45, 2.75) is 39.7 Å². The Morgan fingerprint density at radius 3 is 2.75 bits per heavy atom. The van der Waals surface area contributed by atoms with Crippen molar-refractivity contribution >= 4 is 11.6 Å². The van der Waals surface area contributed by atoms with E-state index in [2.05, 4.69) is 36.2 Å². The Balaban J connectivity index is 2.25. The molecule has 86 valence electrons. The van der Waals surface area contributed by atoms with E-state index in [4.69, 9.17) is 0 Å². The molecule has 1 N–H and O–H groups in total. The van der Waals surface area contributed by atoms with Gasteiger partial charge in [-0.25, -0.2) is 4.52 Å². The van der Waals surface area contributed by atoms with Crippen LogP contribution in [0.3, 0.4) is 0 Å². The van der Waals surface area contributed by atoms with Gasteiger partial charge in [0.1, 0.15) is 0 Å². The molecular formula is C12H18N4. The quantitative estimate of drug-likeness (QED) is 0.857. The maximum atomic E-state index is 4.43. The first-order valence-electron chi connectivity index (χ1n) is 5.82. The van der Waals surface area contributed by atoms with Crippen molar-refractivity contribution in [3.05, 3.63) is 23.9 Å². The number of nitrogens with one attached hydrogen (secondary N) is 1. The molecule has 4 heteroatoms. The Hall–Kier alpha value is -1.58. The normalized spacial score (nSPS) is 11.2. The molecule has 0 radical (unpaired) electrons. The molecule has 0 aliphatic carbocycles. The summed E-state index contributed by atoms with van der Waals surface area (Å²) in [7, 11) is 0. The van der Waals surface area contributed by atoms with E-state index < -0.39 is 0 Å². The van der Waals surface area contributed by atoms with Gasteiger partial charge in [-0.1, -0.05) is 19.9 Å². The van der Waals surface area contributed by atoms with Gasteiger partial charge in [-0.2, -0.15) is 4.98 Å². The fourth-order valence-corrected chi connectivity index (χ4v) is 1.72. The Morgan fingerprint density at radius 1 is 1.31 bits per heavy atom. The van der Waals surface area contributed by atoms with Crippen LogP contribution in [0.4, 0.5) is 5.95 Å².